The Hall–Kier alpha value is -1.46. The molecule has 0 aliphatic rings. The molecule has 0 saturated carbocycles. The highest BCUT2D eigenvalue weighted by Crippen LogP contribution is 2.25. The van der Waals surface area contributed by atoms with Crippen LogP contribution in [0.1, 0.15) is 29.6 Å². The van der Waals surface area contributed by atoms with E-state index in [4.69, 9.17) is 4.74 Å². The lowest BCUT2D eigenvalue weighted by molar-refractivity contribution is 0.180. The van der Waals surface area contributed by atoms with Crippen LogP contribution in [-0.2, 0) is 17.8 Å². The highest BCUT2D eigenvalue weighted by atomic mass is 79.9. The molecule has 2 aromatic rings. The first-order valence-electron chi connectivity index (χ1n) is 6.98. The van der Waals surface area contributed by atoms with E-state index in [1.807, 2.05) is 19.1 Å². The van der Waals surface area contributed by atoms with E-state index in [0.29, 0.717) is 6.61 Å². The van der Waals surface area contributed by atoms with Crippen LogP contribution in [0.15, 0.2) is 28.7 Å². The van der Waals surface area contributed by atoms with Crippen LogP contribution >= 0.6 is 15.9 Å². The lowest BCUT2D eigenvalue weighted by Crippen LogP contribution is -2.09. The first-order valence-corrected chi connectivity index (χ1v) is 7.77. The summed E-state index contributed by atoms with van der Waals surface area (Å²) in [6.07, 6.45) is 0.717. The number of aromatic nitrogens is 2. The van der Waals surface area contributed by atoms with Gasteiger partial charge in [0.25, 0.3) is 0 Å². The minimum Gasteiger partial charge on any atom is -0.378 e. The van der Waals surface area contributed by atoms with Crippen LogP contribution in [0.5, 0.6) is 0 Å². The summed E-state index contributed by atoms with van der Waals surface area (Å²) in [5.41, 5.74) is 3.36. The molecule has 0 atom stereocenters. The fourth-order valence-electron chi connectivity index (χ4n) is 2.12. The quantitative estimate of drug-likeness (QED) is 0.863. The topological polar surface area (TPSA) is 47.0 Å². The van der Waals surface area contributed by atoms with Gasteiger partial charge in [0.15, 0.2) is 0 Å². The van der Waals surface area contributed by atoms with Gasteiger partial charge >= 0.3 is 0 Å². The number of nitrogens with one attached hydrogen (secondary N) is 1. The van der Waals surface area contributed by atoms with E-state index in [2.05, 4.69) is 50.3 Å². The molecular formula is C16H20BrN3O. The summed E-state index contributed by atoms with van der Waals surface area (Å²) in [7, 11) is 1.67. The first-order chi connectivity index (χ1) is 10.2. The van der Waals surface area contributed by atoms with Crippen molar-refractivity contribution in [2.45, 2.75) is 26.9 Å². The molecule has 112 valence electrons. The normalized spacial score (nSPS) is 10.7. The third kappa shape index (κ3) is 4.02. The first kappa shape index (κ1) is 15.9. The van der Waals surface area contributed by atoms with E-state index in [9.17, 15) is 0 Å². The van der Waals surface area contributed by atoms with E-state index in [1.54, 1.807) is 7.11 Å². The van der Waals surface area contributed by atoms with Gasteiger partial charge in [0, 0.05) is 20.1 Å². The number of hydrogen-bond acceptors (Lipinski definition) is 4. The number of hydrogen-bond donors (Lipinski definition) is 1. The predicted molar refractivity (Wildman–Crippen MR) is 88.6 cm³/mol. The number of anilines is 1. The van der Waals surface area contributed by atoms with Gasteiger partial charge < -0.3 is 10.1 Å². The summed E-state index contributed by atoms with van der Waals surface area (Å²) < 4.78 is 6.10. The maximum atomic E-state index is 5.22. The average molecular weight is 350 g/mol. The Morgan fingerprint density at radius 2 is 2.00 bits per heavy atom. The molecular weight excluding hydrogens is 330 g/mol. The molecule has 0 fully saturated rings. The lowest BCUT2D eigenvalue weighted by Gasteiger charge is -2.12. The molecule has 5 heteroatoms. The minimum absolute atomic E-state index is 0.461. The molecule has 0 bridgehead atoms. The Balaban J connectivity index is 2.36. The summed E-state index contributed by atoms with van der Waals surface area (Å²) in [6.45, 7) is 5.43. The van der Waals surface area contributed by atoms with Crippen molar-refractivity contribution >= 4 is 21.7 Å². The Morgan fingerprint density at radius 3 is 2.67 bits per heavy atom. The van der Waals surface area contributed by atoms with Crippen molar-refractivity contribution in [3.63, 3.8) is 0 Å². The molecule has 0 amide bonds. The molecule has 0 aliphatic carbocycles. The maximum Gasteiger partial charge on any atom is 0.144 e. The molecule has 4 nitrogen and oxygen atoms in total. The van der Waals surface area contributed by atoms with Crippen molar-refractivity contribution < 1.29 is 4.74 Å². The van der Waals surface area contributed by atoms with E-state index >= 15 is 0 Å². The summed E-state index contributed by atoms with van der Waals surface area (Å²) >= 11 is 3.55. The molecule has 0 radical (unpaired) electrons. The van der Waals surface area contributed by atoms with Crippen molar-refractivity contribution in [2.75, 3.05) is 19.0 Å². The van der Waals surface area contributed by atoms with Gasteiger partial charge in [-0.1, -0.05) is 24.3 Å². The molecule has 2 rings (SSSR count). The van der Waals surface area contributed by atoms with Gasteiger partial charge in [0.1, 0.15) is 11.6 Å². The molecule has 21 heavy (non-hydrogen) atoms. The van der Waals surface area contributed by atoms with Crippen molar-refractivity contribution in [1.82, 2.24) is 9.97 Å². The monoisotopic (exact) mass is 349 g/mol. The van der Waals surface area contributed by atoms with Crippen LogP contribution in [0.4, 0.5) is 5.82 Å². The van der Waals surface area contributed by atoms with Crippen molar-refractivity contribution in [3.8, 4) is 0 Å². The van der Waals surface area contributed by atoms with Gasteiger partial charge in [-0.05, 0) is 40.9 Å². The molecule has 0 aliphatic heterocycles. The molecule has 0 saturated heterocycles. The minimum atomic E-state index is 0.461. The summed E-state index contributed by atoms with van der Waals surface area (Å²) in [5.74, 6) is 1.62. The highest BCUT2D eigenvalue weighted by molar-refractivity contribution is 9.10. The fraction of sp³-hybridized carbons (Fsp3) is 0.375. The molecule has 1 heterocycles. The second-order valence-electron chi connectivity index (χ2n) is 4.82. The third-order valence-corrected chi connectivity index (χ3v) is 4.03. The van der Waals surface area contributed by atoms with E-state index < -0.39 is 0 Å². The van der Waals surface area contributed by atoms with Crippen LogP contribution in [0.3, 0.4) is 0 Å². The standard InChI is InChI=1S/C16H20BrN3O/c1-4-18-16-15(17)13(10-21-3)19-14(20-16)9-12-8-6-5-7-11(12)2/h5-8H,4,9-10H2,1-3H3,(H,18,19,20). The van der Waals surface area contributed by atoms with Gasteiger partial charge in [-0.2, -0.15) is 0 Å². The van der Waals surface area contributed by atoms with E-state index in [1.165, 1.54) is 11.1 Å². The average Bonchev–Trinajstić information content (AvgIpc) is 2.47. The molecule has 0 unspecified atom stereocenters. The van der Waals surface area contributed by atoms with Crippen molar-refractivity contribution in [1.29, 1.82) is 0 Å². The number of nitrogens with zero attached hydrogens (tertiary/aromatic N) is 2. The second kappa shape index (κ2) is 7.52. The Labute approximate surface area is 134 Å². The Bertz CT molecular complexity index is 589. The zero-order valence-electron chi connectivity index (χ0n) is 12.6. The van der Waals surface area contributed by atoms with E-state index in [0.717, 1.165) is 34.8 Å². The van der Waals surface area contributed by atoms with Gasteiger partial charge in [-0.25, -0.2) is 9.97 Å². The summed E-state index contributed by atoms with van der Waals surface area (Å²) in [6, 6.07) is 8.31. The zero-order chi connectivity index (χ0) is 15.2. The second-order valence-corrected chi connectivity index (χ2v) is 5.61. The SMILES string of the molecule is CCNc1nc(Cc2ccccc2C)nc(COC)c1Br. The summed E-state index contributed by atoms with van der Waals surface area (Å²) in [5, 5.41) is 3.26. The van der Waals surface area contributed by atoms with Crippen LogP contribution < -0.4 is 5.32 Å². The maximum absolute atomic E-state index is 5.22. The van der Waals surface area contributed by atoms with Crippen LogP contribution in [-0.4, -0.2) is 23.6 Å². The molecule has 1 aromatic carbocycles. The molecule has 0 spiro atoms. The van der Waals surface area contributed by atoms with E-state index in [-0.39, 0.29) is 0 Å². The number of methoxy groups -OCH3 is 1. The number of ether oxygens (including phenoxy) is 1. The van der Waals surface area contributed by atoms with Gasteiger partial charge in [-0.3, -0.25) is 0 Å². The van der Waals surface area contributed by atoms with Crippen molar-refractivity contribution in [2.24, 2.45) is 0 Å². The Morgan fingerprint density at radius 1 is 1.24 bits per heavy atom. The lowest BCUT2D eigenvalue weighted by atomic mass is 10.1. The Kier molecular flexibility index (Phi) is 5.70. The van der Waals surface area contributed by atoms with Crippen molar-refractivity contribution in [3.05, 3.63) is 51.4 Å². The van der Waals surface area contributed by atoms with Gasteiger partial charge in [-0.15, -0.1) is 0 Å². The number of rotatable bonds is 6. The van der Waals surface area contributed by atoms with Gasteiger partial charge in [0.2, 0.25) is 0 Å². The summed E-state index contributed by atoms with van der Waals surface area (Å²) in [4.78, 5) is 9.24. The predicted octanol–water partition coefficient (Wildman–Crippen LogP) is 3.72. The number of benzene rings is 1. The van der Waals surface area contributed by atoms with Gasteiger partial charge in [0.05, 0.1) is 16.8 Å². The van der Waals surface area contributed by atoms with Crippen LogP contribution in [0.25, 0.3) is 0 Å². The number of aryl methyl sites for hydroxylation is 1. The largest absolute Gasteiger partial charge is 0.378 e. The smallest absolute Gasteiger partial charge is 0.144 e. The third-order valence-electron chi connectivity index (χ3n) is 3.20. The van der Waals surface area contributed by atoms with Crippen LogP contribution in [0, 0.1) is 6.92 Å². The highest BCUT2D eigenvalue weighted by Gasteiger charge is 2.12. The fourth-order valence-corrected chi connectivity index (χ4v) is 2.55. The zero-order valence-corrected chi connectivity index (χ0v) is 14.2. The van der Waals surface area contributed by atoms with Crippen LogP contribution in [0.2, 0.25) is 0 Å². The molecule has 1 N–H and O–H groups in total. The number of halogens is 1. The molecule has 1 aromatic heterocycles.